The lowest BCUT2D eigenvalue weighted by Gasteiger charge is -2.22. The Morgan fingerprint density at radius 1 is 1.17 bits per heavy atom. The second-order valence-corrected chi connectivity index (χ2v) is 7.19. The number of benzene rings is 2. The number of carbonyl (C=O) groups excluding carboxylic acids is 1. The summed E-state index contributed by atoms with van der Waals surface area (Å²) in [6.07, 6.45) is 2.02. The van der Waals surface area contributed by atoms with Crippen LogP contribution in [0.3, 0.4) is 0 Å². The molecule has 8 heteroatoms. The molecule has 0 bridgehead atoms. The molecule has 2 aromatic rings. The molecule has 0 radical (unpaired) electrons. The number of rotatable bonds is 9. The van der Waals surface area contributed by atoms with Gasteiger partial charge in [-0.1, -0.05) is 6.07 Å². The predicted molar refractivity (Wildman–Crippen MR) is 110 cm³/mol. The van der Waals surface area contributed by atoms with Gasteiger partial charge in [0.1, 0.15) is 12.4 Å². The van der Waals surface area contributed by atoms with Crippen molar-refractivity contribution in [2.24, 2.45) is 5.73 Å². The van der Waals surface area contributed by atoms with Crippen LogP contribution in [0.25, 0.3) is 0 Å². The summed E-state index contributed by atoms with van der Waals surface area (Å²) in [6.45, 7) is 3.16. The van der Waals surface area contributed by atoms with Crippen LogP contribution in [0.15, 0.2) is 42.5 Å². The van der Waals surface area contributed by atoms with Gasteiger partial charge < -0.3 is 25.3 Å². The van der Waals surface area contributed by atoms with E-state index < -0.39 is 11.8 Å². The molecule has 1 heterocycles. The minimum absolute atomic E-state index is 0.123. The van der Waals surface area contributed by atoms with Gasteiger partial charge in [0.2, 0.25) is 5.91 Å². The molecular formula is C22H26F2N2O4. The van der Waals surface area contributed by atoms with E-state index in [-0.39, 0.29) is 22.9 Å². The molecular weight excluding hydrogens is 394 g/mol. The maximum atomic E-state index is 13.9. The van der Waals surface area contributed by atoms with E-state index in [0.29, 0.717) is 24.7 Å². The van der Waals surface area contributed by atoms with Crippen molar-refractivity contribution in [3.8, 4) is 5.75 Å². The highest BCUT2D eigenvalue weighted by Crippen LogP contribution is 2.35. The van der Waals surface area contributed by atoms with Crippen molar-refractivity contribution in [1.82, 2.24) is 0 Å². The molecule has 0 saturated carbocycles. The molecule has 0 unspecified atom stereocenters. The van der Waals surface area contributed by atoms with Crippen molar-refractivity contribution in [1.29, 1.82) is 0 Å². The molecule has 1 amide bonds. The standard InChI is InChI=1S/C22H26F2N2O4/c1-22(23,24)19-7-2-15(21(25)27)14-20(19)26-16-3-5-17(6-4-16)29-12-13-30-18-8-10-28-11-9-18/h2-7,14,18,26H,8-13H2,1H3,(H2,25,27). The van der Waals surface area contributed by atoms with Gasteiger partial charge in [0.25, 0.3) is 5.92 Å². The van der Waals surface area contributed by atoms with Gasteiger partial charge in [0.15, 0.2) is 0 Å². The van der Waals surface area contributed by atoms with Crippen molar-refractivity contribution < 1.29 is 27.8 Å². The fraction of sp³-hybridized carbons (Fsp3) is 0.409. The Hall–Kier alpha value is -2.71. The van der Waals surface area contributed by atoms with Crippen molar-refractivity contribution in [3.63, 3.8) is 0 Å². The predicted octanol–water partition coefficient (Wildman–Crippen LogP) is 4.22. The number of primary amides is 1. The summed E-state index contributed by atoms with van der Waals surface area (Å²) in [7, 11) is 0. The average Bonchev–Trinajstić information content (AvgIpc) is 2.72. The summed E-state index contributed by atoms with van der Waals surface area (Å²) in [6, 6.07) is 10.7. The topological polar surface area (TPSA) is 82.8 Å². The maximum absolute atomic E-state index is 13.9. The van der Waals surface area contributed by atoms with Gasteiger partial charge in [-0.15, -0.1) is 0 Å². The highest BCUT2D eigenvalue weighted by Gasteiger charge is 2.28. The first kappa shape index (κ1) is 22.0. The number of halogens is 2. The van der Waals surface area contributed by atoms with Crippen LogP contribution in [0.4, 0.5) is 20.2 Å². The Kier molecular flexibility index (Phi) is 7.23. The monoisotopic (exact) mass is 420 g/mol. The zero-order valence-corrected chi connectivity index (χ0v) is 16.8. The van der Waals surface area contributed by atoms with Crippen LogP contribution >= 0.6 is 0 Å². The molecule has 1 aliphatic rings. The lowest BCUT2D eigenvalue weighted by Crippen LogP contribution is -2.25. The molecule has 6 nitrogen and oxygen atoms in total. The molecule has 1 aliphatic heterocycles. The smallest absolute Gasteiger partial charge is 0.272 e. The lowest BCUT2D eigenvalue weighted by molar-refractivity contribution is -0.0388. The number of ether oxygens (including phenoxy) is 3. The SMILES string of the molecule is CC(F)(F)c1ccc(C(N)=O)cc1Nc1ccc(OCCOC2CCOCC2)cc1. The second-order valence-electron chi connectivity index (χ2n) is 7.19. The lowest BCUT2D eigenvalue weighted by atomic mass is 10.0. The van der Waals surface area contributed by atoms with Crippen LogP contribution < -0.4 is 15.8 Å². The Balaban J connectivity index is 1.58. The van der Waals surface area contributed by atoms with Crippen LogP contribution in [0.1, 0.15) is 35.7 Å². The van der Waals surface area contributed by atoms with Crippen LogP contribution in [0.5, 0.6) is 5.75 Å². The Labute approximate surface area is 174 Å². The highest BCUT2D eigenvalue weighted by atomic mass is 19.3. The highest BCUT2D eigenvalue weighted by molar-refractivity contribution is 5.94. The average molecular weight is 420 g/mol. The number of hydrogen-bond donors (Lipinski definition) is 2. The maximum Gasteiger partial charge on any atom is 0.272 e. The van der Waals surface area contributed by atoms with Crippen LogP contribution in [0.2, 0.25) is 0 Å². The van der Waals surface area contributed by atoms with E-state index in [9.17, 15) is 13.6 Å². The molecule has 30 heavy (non-hydrogen) atoms. The molecule has 1 fully saturated rings. The fourth-order valence-corrected chi connectivity index (χ4v) is 3.19. The normalized spacial score (nSPS) is 15.0. The third-order valence-corrected chi connectivity index (χ3v) is 4.78. The number of nitrogens with two attached hydrogens (primary N) is 1. The minimum atomic E-state index is -3.08. The van der Waals surface area contributed by atoms with Gasteiger partial charge in [0, 0.05) is 42.6 Å². The second kappa shape index (κ2) is 9.86. The van der Waals surface area contributed by atoms with Crippen molar-refractivity contribution >= 4 is 17.3 Å². The summed E-state index contributed by atoms with van der Waals surface area (Å²) in [5.74, 6) is -3.12. The number of nitrogens with one attached hydrogen (secondary N) is 1. The quantitative estimate of drug-likeness (QED) is 0.594. The largest absolute Gasteiger partial charge is 0.491 e. The number of hydrogen-bond acceptors (Lipinski definition) is 5. The first-order valence-corrected chi connectivity index (χ1v) is 9.84. The van der Waals surface area contributed by atoms with Gasteiger partial charge in [-0.2, -0.15) is 0 Å². The number of amides is 1. The van der Waals surface area contributed by atoms with Crippen LogP contribution in [0, 0.1) is 0 Å². The Morgan fingerprint density at radius 2 is 1.87 bits per heavy atom. The van der Waals surface area contributed by atoms with Crippen molar-refractivity contribution in [2.75, 3.05) is 31.7 Å². The van der Waals surface area contributed by atoms with Gasteiger partial charge in [-0.05, 0) is 49.2 Å². The van der Waals surface area contributed by atoms with E-state index in [1.165, 1.54) is 18.2 Å². The van der Waals surface area contributed by atoms with Crippen LogP contribution in [-0.4, -0.2) is 38.4 Å². The first-order valence-electron chi connectivity index (χ1n) is 9.84. The van der Waals surface area contributed by atoms with Crippen molar-refractivity contribution in [3.05, 3.63) is 53.6 Å². The first-order chi connectivity index (χ1) is 14.3. The van der Waals surface area contributed by atoms with E-state index >= 15 is 0 Å². The molecule has 3 N–H and O–H groups in total. The van der Waals surface area contributed by atoms with E-state index in [4.69, 9.17) is 19.9 Å². The van der Waals surface area contributed by atoms with Gasteiger partial charge in [0.05, 0.1) is 12.7 Å². The molecule has 0 atom stereocenters. The molecule has 0 aliphatic carbocycles. The summed E-state index contributed by atoms with van der Waals surface area (Å²) in [4.78, 5) is 11.4. The van der Waals surface area contributed by atoms with E-state index in [2.05, 4.69) is 5.32 Å². The molecule has 3 rings (SSSR count). The van der Waals surface area contributed by atoms with E-state index in [1.807, 2.05) is 0 Å². The van der Waals surface area contributed by atoms with E-state index in [1.54, 1.807) is 24.3 Å². The number of anilines is 2. The number of carbonyl (C=O) groups is 1. The van der Waals surface area contributed by atoms with Crippen LogP contribution in [-0.2, 0) is 15.4 Å². The third kappa shape index (κ3) is 6.14. The molecule has 0 aromatic heterocycles. The third-order valence-electron chi connectivity index (χ3n) is 4.78. The summed E-state index contributed by atoms with van der Waals surface area (Å²) in [5.41, 5.74) is 5.90. The summed E-state index contributed by atoms with van der Waals surface area (Å²) >= 11 is 0. The van der Waals surface area contributed by atoms with Gasteiger partial charge in [-0.25, -0.2) is 8.78 Å². The fourth-order valence-electron chi connectivity index (χ4n) is 3.19. The minimum Gasteiger partial charge on any atom is -0.491 e. The summed E-state index contributed by atoms with van der Waals surface area (Å²) < 4.78 is 44.6. The molecule has 162 valence electrons. The number of alkyl halides is 2. The summed E-state index contributed by atoms with van der Waals surface area (Å²) in [5, 5.41) is 2.93. The molecule has 2 aromatic carbocycles. The Morgan fingerprint density at radius 3 is 2.50 bits per heavy atom. The van der Waals surface area contributed by atoms with Crippen molar-refractivity contribution in [2.45, 2.75) is 31.8 Å². The molecule has 1 saturated heterocycles. The van der Waals surface area contributed by atoms with E-state index in [0.717, 1.165) is 33.0 Å². The van der Waals surface area contributed by atoms with Gasteiger partial charge in [-0.3, -0.25) is 4.79 Å². The Bertz CT molecular complexity index is 847. The zero-order valence-electron chi connectivity index (χ0n) is 16.8. The van der Waals surface area contributed by atoms with Gasteiger partial charge >= 0.3 is 0 Å². The molecule has 0 spiro atoms. The zero-order chi connectivity index (χ0) is 21.6.